The topological polar surface area (TPSA) is 473 Å². The average Bonchev–Trinajstić information content (AvgIpc) is 3.26. The summed E-state index contributed by atoms with van der Waals surface area (Å²) >= 11 is 4.09. The molecule has 28 nitrogen and oxygen atoms in total. The molecule has 0 radical (unpaired) electrons. The number of rotatable bonds is 30. The summed E-state index contributed by atoms with van der Waals surface area (Å²) in [6.45, 7) is -1.68. The van der Waals surface area contributed by atoms with Gasteiger partial charge in [0.2, 0.25) is 59.1 Å². The molecule has 10 amide bonds. The summed E-state index contributed by atoms with van der Waals surface area (Å²) in [7, 11) is 0. The molecule has 1 rings (SSSR count). The quantitative estimate of drug-likeness (QED) is 0.0147. The van der Waals surface area contributed by atoms with Crippen LogP contribution in [0.2, 0.25) is 0 Å². The van der Waals surface area contributed by atoms with Crippen molar-refractivity contribution in [2.75, 3.05) is 45.1 Å². The molecule has 0 bridgehead atoms. The molecular formula is C37H58N14O14S. The average molecular weight is 955 g/mol. The number of carbonyl (C=O) groups excluding carboxylic acids is 10. The summed E-state index contributed by atoms with van der Waals surface area (Å²) in [5.41, 5.74) is 21.5. The maximum Gasteiger partial charge on any atom is 0.303 e. The van der Waals surface area contributed by atoms with Gasteiger partial charge in [-0.05, 0) is 43.9 Å². The number of aliphatic imine (C=N–C) groups is 1. The lowest BCUT2D eigenvalue weighted by atomic mass is 10.0. The molecule has 66 heavy (non-hydrogen) atoms. The normalized spacial score (nSPS) is 13.3. The Labute approximate surface area is 382 Å². The van der Waals surface area contributed by atoms with Crippen LogP contribution in [0.15, 0.2) is 29.3 Å². The molecule has 0 fully saturated rings. The Morgan fingerprint density at radius 2 is 1.12 bits per heavy atom. The lowest BCUT2D eigenvalue weighted by molar-refractivity contribution is -0.138. The standard InChI is InChI=1S/C37H58N14O14S/c1-18(32(61)48-22(8-9-30(58)59)34(63)50-23(11-19-4-6-20(53)7-5-19)35(64)51-24(16-52)31(39)60)46-33(62)21(3-2-10-42-37(40)41)49-36(65)25(17-66)47-29(57)15-45-28(56)14-44-27(55)13-43-26(54)12-38/h4-7,18,21-25,52-53,66H,2-3,8-17,38H2,1H3,(H2,39,60)(H,43,54)(H,44,55)(H,45,56)(H,46,62)(H,47,57)(H,48,61)(H,49,65)(H,50,63)(H,51,64)(H,58,59)(H4,40,41,42)/t18-,21-,22-,23-,24-,25-/m0/s1. The number of aromatic hydroxyl groups is 1. The molecular weight excluding hydrogens is 897 g/mol. The van der Waals surface area contributed by atoms with Crippen LogP contribution in [0.3, 0.4) is 0 Å². The van der Waals surface area contributed by atoms with Gasteiger partial charge >= 0.3 is 5.97 Å². The monoisotopic (exact) mass is 954 g/mol. The molecule has 6 atom stereocenters. The van der Waals surface area contributed by atoms with Crippen LogP contribution in [0.4, 0.5) is 0 Å². The number of nitrogens with zero attached hydrogens (tertiary/aromatic N) is 1. The van der Waals surface area contributed by atoms with Crippen molar-refractivity contribution in [1.29, 1.82) is 0 Å². The van der Waals surface area contributed by atoms with Crippen molar-refractivity contribution in [3.8, 4) is 5.75 Å². The lowest BCUT2D eigenvalue weighted by Gasteiger charge is -2.26. The second kappa shape index (κ2) is 30.0. The van der Waals surface area contributed by atoms with Crippen molar-refractivity contribution in [2.45, 2.75) is 75.3 Å². The maximum atomic E-state index is 13.6. The number of carboxylic acid groups (broad SMARTS) is 1. The zero-order chi connectivity index (χ0) is 49.9. The predicted molar refractivity (Wildman–Crippen MR) is 234 cm³/mol. The van der Waals surface area contributed by atoms with E-state index in [1.165, 1.54) is 31.2 Å². The van der Waals surface area contributed by atoms with Gasteiger partial charge in [-0.15, -0.1) is 0 Å². The van der Waals surface area contributed by atoms with Gasteiger partial charge in [0.15, 0.2) is 5.96 Å². The number of phenolic OH excluding ortho intramolecular Hbond substituents is 1. The Bertz CT molecular complexity index is 1920. The molecule has 20 N–H and O–H groups in total. The third-order valence-corrected chi connectivity index (χ3v) is 9.18. The van der Waals surface area contributed by atoms with E-state index in [-0.39, 0.29) is 49.8 Å². The number of carboxylic acids is 1. The smallest absolute Gasteiger partial charge is 0.303 e. The van der Waals surface area contributed by atoms with Crippen LogP contribution < -0.4 is 70.8 Å². The van der Waals surface area contributed by atoms with E-state index < -0.39 is 140 Å². The third kappa shape index (κ3) is 22.9. The highest BCUT2D eigenvalue weighted by molar-refractivity contribution is 7.80. The van der Waals surface area contributed by atoms with Gasteiger partial charge in [-0.25, -0.2) is 0 Å². The second-order valence-electron chi connectivity index (χ2n) is 14.1. The molecule has 0 aliphatic carbocycles. The van der Waals surface area contributed by atoms with Crippen LogP contribution in [0.5, 0.6) is 5.75 Å². The Kier molecular flexibility index (Phi) is 25.8. The number of aliphatic carboxylic acids is 1. The number of benzene rings is 1. The highest BCUT2D eigenvalue weighted by Gasteiger charge is 2.32. The number of thiol groups is 1. The number of nitrogens with two attached hydrogens (primary N) is 4. The molecule has 0 aromatic heterocycles. The van der Waals surface area contributed by atoms with Gasteiger partial charge in [0.05, 0.1) is 32.8 Å². The molecule has 0 unspecified atom stereocenters. The van der Waals surface area contributed by atoms with E-state index in [1.807, 2.05) is 0 Å². The van der Waals surface area contributed by atoms with Crippen molar-refractivity contribution in [3.63, 3.8) is 0 Å². The maximum absolute atomic E-state index is 13.6. The number of phenols is 1. The Morgan fingerprint density at radius 1 is 0.636 bits per heavy atom. The van der Waals surface area contributed by atoms with Crippen molar-refractivity contribution in [2.24, 2.45) is 27.9 Å². The third-order valence-electron chi connectivity index (χ3n) is 8.82. The van der Waals surface area contributed by atoms with Crippen molar-refractivity contribution in [3.05, 3.63) is 29.8 Å². The number of primary amides is 1. The molecule has 0 heterocycles. The fraction of sp³-hybridized carbons (Fsp3) is 0.514. The van der Waals surface area contributed by atoms with Crippen molar-refractivity contribution < 1.29 is 68.1 Å². The van der Waals surface area contributed by atoms with Gasteiger partial charge in [0, 0.05) is 25.1 Å². The largest absolute Gasteiger partial charge is 0.508 e. The summed E-state index contributed by atoms with van der Waals surface area (Å²) < 4.78 is 0. The highest BCUT2D eigenvalue weighted by Crippen LogP contribution is 2.12. The minimum absolute atomic E-state index is 0.00254. The molecule has 1 aromatic rings. The lowest BCUT2D eigenvalue weighted by Crippen LogP contribution is -2.60. The number of nitrogens with one attached hydrogen (secondary N) is 9. The zero-order valence-electron chi connectivity index (χ0n) is 35.8. The van der Waals surface area contributed by atoms with Gasteiger partial charge in [-0.2, -0.15) is 12.6 Å². The van der Waals surface area contributed by atoms with Gasteiger partial charge in [-0.3, -0.25) is 57.7 Å². The number of aliphatic hydroxyl groups excluding tert-OH is 1. The summed E-state index contributed by atoms with van der Waals surface area (Å²) in [5, 5.41) is 49.3. The summed E-state index contributed by atoms with van der Waals surface area (Å²) in [5.74, 6) is -11.1. The van der Waals surface area contributed by atoms with Gasteiger partial charge in [0.1, 0.15) is 42.0 Å². The summed E-state index contributed by atoms with van der Waals surface area (Å²) in [4.78, 5) is 142. The van der Waals surface area contributed by atoms with Gasteiger partial charge in [-0.1, -0.05) is 12.1 Å². The van der Waals surface area contributed by atoms with Crippen LogP contribution in [-0.2, 0) is 59.2 Å². The molecule has 29 heteroatoms. The summed E-state index contributed by atoms with van der Waals surface area (Å²) in [6.07, 6.45) is -1.46. The summed E-state index contributed by atoms with van der Waals surface area (Å²) in [6, 6.07) is -3.51. The van der Waals surface area contributed by atoms with E-state index in [0.29, 0.717) is 5.56 Å². The first kappa shape index (κ1) is 56.7. The number of aliphatic hydroxyl groups is 1. The molecule has 366 valence electrons. The van der Waals surface area contributed by atoms with E-state index in [2.05, 4.69) is 65.5 Å². The number of carbonyl (C=O) groups is 11. The number of guanidine groups is 1. The van der Waals surface area contributed by atoms with E-state index >= 15 is 0 Å². The molecule has 0 aliphatic heterocycles. The van der Waals surface area contributed by atoms with E-state index in [1.54, 1.807) is 0 Å². The Balaban J connectivity index is 3.13. The predicted octanol–water partition coefficient (Wildman–Crippen LogP) is -8.50. The fourth-order valence-corrected chi connectivity index (χ4v) is 5.52. The van der Waals surface area contributed by atoms with E-state index in [9.17, 15) is 68.1 Å². The molecule has 0 saturated carbocycles. The van der Waals surface area contributed by atoms with Crippen LogP contribution in [0.1, 0.15) is 38.2 Å². The van der Waals surface area contributed by atoms with Crippen LogP contribution >= 0.6 is 12.6 Å². The Hall–Kier alpha value is -7.27. The van der Waals surface area contributed by atoms with Gasteiger partial charge < -0.3 is 86.1 Å². The highest BCUT2D eigenvalue weighted by atomic mass is 32.1. The zero-order valence-corrected chi connectivity index (χ0v) is 36.7. The Morgan fingerprint density at radius 3 is 1.65 bits per heavy atom. The minimum Gasteiger partial charge on any atom is -0.508 e. The number of amides is 10. The number of hydrogen-bond acceptors (Lipinski definition) is 16. The van der Waals surface area contributed by atoms with E-state index in [0.717, 1.165) is 0 Å². The minimum atomic E-state index is -1.64. The van der Waals surface area contributed by atoms with Crippen LogP contribution in [0, 0.1) is 0 Å². The van der Waals surface area contributed by atoms with Crippen molar-refractivity contribution >= 4 is 83.6 Å². The fourth-order valence-electron chi connectivity index (χ4n) is 5.26. The van der Waals surface area contributed by atoms with Crippen LogP contribution in [-0.4, -0.2) is 168 Å². The molecule has 0 aliphatic rings. The molecule has 0 spiro atoms. The molecule has 0 saturated heterocycles. The first-order valence-electron chi connectivity index (χ1n) is 20.0. The van der Waals surface area contributed by atoms with E-state index in [4.69, 9.17) is 22.9 Å². The van der Waals surface area contributed by atoms with Crippen molar-refractivity contribution in [1.82, 2.24) is 47.9 Å². The first-order valence-corrected chi connectivity index (χ1v) is 20.6. The SMILES string of the molecule is C[C@H](NC(=O)[C@H](CCCN=C(N)N)NC(=O)[C@H](CS)NC(=O)CNC(=O)CNC(=O)CNC(=O)CN)C(=O)N[C@@H](CCC(=O)O)C(=O)N[C@@H](Cc1ccc(O)cc1)C(=O)N[C@@H](CO)C(N)=O. The second-order valence-corrected chi connectivity index (χ2v) is 14.5. The molecule has 1 aromatic carbocycles. The van der Waals surface area contributed by atoms with Crippen LogP contribution in [0.25, 0.3) is 0 Å². The van der Waals surface area contributed by atoms with Gasteiger partial charge in [0.25, 0.3) is 0 Å². The number of hydrogen-bond donors (Lipinski definition) is 17. The first-order chi connectivity index (χ1) is 31.1.